The maximum absolute atomic E-state index is 13.2. The van der Waals surface area contributed by atoms with Crippen LogP contribution < -0.4 is 5.32 Å². The van der Waals surface area contributed by atoms with Crippen LogP contribution >= 0.6 is 0 Å². The zero-order valence-corrected chi connectivity index (χ0v) is 17.5. The summed E-state index contributed by atoms with van der Waals surface area (Å²) in [4.78, 5) is 17.4. The number of hydrogen-bond acceptors (Lipinski definition) is 4. The van der Waals surface area contributed by atoms with Crippen LogP contribution in [0.15, 0.2) is 72.9 Å². The van der Waals surface area contributed by atoms with Crippen molar-refractivity contribution >= 4 is 5.91 Å². The van der Waals surface area contributed by atoms with Crippen LogP contribution in [0, 0.1) is 12.7 Å². The predicted molar refractivity (Wildman–Crippen MR) is 120 cm³/mol. The van der Waals surface area contributed by atoms with Crippen molar-refractivity contribution in [2.24, 2.45) is 0 Å². The van der Waals surface area contributed by atoms with E-state index in [1.807, 2.05) is 43.3 Å². The van der Waals surface area contributed by atoms with E-state index in [-0.39, 0.29) is 18.3 Å². The van der Waals surface area contributed by atoms with Crippen molar-refractivity contribution in [3.05, 3.63) is 95.6 Å². The second kappa shape index (κ2) is 9.53. The topological polar surface area (TPSA) is 90.9 Å². The van der Waals surface area contributed by atoms with Crippen LogP contribution in [0.5, 0.6) is 0 Å². The van der Waals surface area contributed by atoms with E-state index in [2.05, 4.69) is 20.5 Å². The highest BCUT2D eigenvalue weighted by Gasteiger charge is 2.19. The predicted octanol–water partition coefficient (Wildman–Crippen LogP) is 3.92. The summed E-state index contributed by atoms with van der Waals surface area (Å²) in [5, 5.41) is 20.0. The Balaban J connectivity index is 1.59. The molecule has 6 nitrogen and oxygen atoms in total. The molecule has 0 spiro atoms. The number of aliphatic hydroxyl groups is 1. The van der Waals surface area contributed by atoms with Gasteiger partial charge in [0.2, 0.25) is 0 Å². The number of aromatic nitrogens is 3. The van der Waals surface area contributed by atoms with Crippen LogP contribution in [0.1, 0.15) is 21.6 Å². The van der Waals surface area contributed by atoms with Gasteiger partial charge in [0.15, 0.2) is 0 Å². The number of hydrogen-bond donors (Lipinski definition) is 3. The first-order valence-electron chi connectivity index (χ1n) is 10.3. The smallest absolute Gasteiger partial charge is 0.252 e. The van der Waals surface area contributed by atoms with Crippen molar-refractivity contribution in [2.75, 3.05) is 6.61 Å². The Morgan fingerprint density at radius 1 is 1.12 bits per heavy atom. The summed E-state index contributed by atoms with van der Waals surface area (Å²) in [7, 11) is 0. The fraction of sp³-hybridized carbons (Fsp3) is 0.160. The highest BCUT2D eigenvalue weighted by atomic mass is 19.1. The van der Waals surface area contributed by atoms with Crippen LogP contribution in [0.25, 0.3) is 22.5 Å². The number of halogens is 1. The molecule has 162 valence electrons. The molecule has 1 amide bonds. The van der Waals surface area contributed by atoms with Crippen LogP contribution in [-0.2, 0) is 6.42 Å². The normalized spacial score (nSPS) is 11.8. The van der Waals surface area contributed by atoms with Gasteiger partial charge in [-0.15, -0.1) is 0 Å². The number of aliphatic hydroxyl groups excluding tert-OH is 1. The Kier molecular flexibility index (Phi) is 6.37. The minimum atomic E-state index is -0.470. The molecule has 3 N–H and O–H groups in total. The first-order chi connectivity index (χ1) is 15.5. The molecule has 0 fully saturated rings. The molecule has 2 aromatic carbocycles. The number of nitrogens with one attached hydrogen (secondary N) is 2. The van der Waals surface area contributed by atoms with Crippen LogP contribution in [0.2, 0.25) is 0 Å². The number of benzene rings is 2. The summed E-state index contributed by atoms with van der Waals surface area (Å²) in [6.07, 6.45) is 2.10. The summed E-state index contributed by atoms with van der Waals surface area (Å²) in [6.45, 7) is 1.71. The zero-order chi connectivity index (χ0) is 22.5. The molecule has 0 aliphatic carbocycles. The Labute approximate surface area is 185 Å². The molecule has 4 aromatic rings. The third kappa shape index (κ3) is 4.90. The van der Waals surface area contributed by atoms with E-state index in [1.54, 1.807) is 24.4 Å². The van der Waals surface area contributed by atoms with Crippen molar-refractivity contribution in [1.29, 1.82) is 0 Å². The second-order valence-corrected chi connectivity index (χ2v) is 7.60. The molecule has 0 saturated carbocycles. The van der Waals surface area contributed by atoms with Gasteiger partial charge in [0.25, 0.3) is 5.91 Å². The monoisotopic (exact) mass is 430 g/mol. The van der Waals surface area contributed by atoms with Crippen LogP contribution in [-0.4, -0.2) is 38.8 Å². The molecule has 0 saturated heterocycles. The summed E-state index contributed by atoms with van der Waals surface area (Å²) >= 11 is 0. The van der Waals surface area contributed by atoms with Crippen molar-refractivity contribution in [2.45, 2.75) is 19.4 Å². The SMILES string of the molecule is Cc1ccc(-c2cc(-c3ccc(F)cc3)n[nH]2)c(C(=O)N[C@@H](CO)Cc2ccccn2)c1. The lowest BCUT2D eigenvalue weighted by Gasteiger charge is -2.17. The number of rotatable bonds is 7. The molecule has 32 heavy (non-hydrogen) atoms. The van der Waals surface area contributed by atoms with E-state index in [0.29, 0.717) is 28.9 Å². The summed E-state index contributed by atoms with van der Waals surface area (Å²) < 4.78 is 13.2. The quantitative estimate of drug-likeness (QED) is 0.415. The summed E-state index contributed by atoms with van der Waals surface area (Å²) in [6, 6.07) is 18.6. The molecule has 0 aliphatic heterocycles. The van der Waals surface area contributed by atoms with Gasteiger partial charge in [-0.05, 0) is 55.5 Å². The summed E-state index contributed by atoms with van der Waals surface area (Å²) in [5.74, 6) is -0.609. The van der Waals surface area contributed by atoms with Gasteiger partial charge >= 0.3 is 0 Å². The van der Waals surface area contributed by atoms with E-state index in [4.69, 9.17) is 0 Å². The summed E-state index contributed by atoms with van der Waals surface area (Å²) in [5.41, 5.74) is 4.95. The number of nitrogens with zero attached hydrogens (tertiary/aromatic N) is 2. The Bertz CT molecular complexity index is 1210. The molecule has 2 aromatic heterocycles. The third-order valence-electron chi connectivity index (χ3n) is 5.17. The van der Waals surface area contributed by atoms with Crippen molar-refractivity contribution in [3.63, 3.8) is 0 Å². The molecule has 4 rings (SSSR count). The lowest BCUT2D eigenvalue weighted by molar-refractivity contribution is 0.0916. The zero-order valence-electron chi connectivity index (χ0n) is 17.5. The van der Waals surface area contributed by atoms with E-state index in [0.717, 1.165) is 16.8 Å². The largest absolute Gasteiger partial charge is 0.394 e. The van der Waals surface area contributed by atoms with E-state index in [1.165, 1.54) is 12.1 Å². The fourth-order valence-corrected chi connectivity index (χ4v) is 3.50. The van der Waals surface area contributed by atoms with Gasteiger partial charge in [-0.3, -0.25) is 14.9 Å². The standard InChI is InChI=1S/C25H23FN4O2/c1-16-5-10-21(24-14-23(29-30-24)17-6-8-18(26)9-7-17)22(12-16)25(32)28-20(15-31)13-19-4-2-3-11-27-19/h2-12,14,20,31H,13,15H2,1H3,(H,28,32)(H,29,30)/t20-/m1/s1. The molecule has 0 bridgehead atoms. The van der Waals surface area contributed by atoms with E-state index >= 15 is 0 Å². The van der Waals surface area contributed by atoms with Crippen molar-refractivity contribution in [1.82, 2.24) is 20.5 Å². The maximum atomic E-state index is 13.2. The van der Waals surface area contributed by atoms with Crippen molar-refractivity contribution < 1.29 is 14.3 Å². The maximum Gasteiger partial charge on any atom is 0.252 e. The lowest BCUT2D eigenvalue weighted by atomic mass is 10.00. The number of H-pyrrole nitrogens is 1. The van der Waals surface area contributed by atoms with Crippen molar-refractivity contribution in [3.8, 4) is 22.5 Å². The van der Waals surface area contributed by atoms with Gasteiger partial charge in [0, 0.05) is 35.0 Å². The first kappa shape index (κ1) is 21.4. The Morgan fingerprint density at radius 3 is 2.66 bits per heavy atom. The number of carbonyl (C=O) groups is 1. The lowest BCUT2D eigenvalue weighted by Crippen LogP contribution is -2.39. The van der Waals surface area contributed by atoms with Gasteiger partial charge in [-0.25, -0.2) is 4.39 Å². The fourth-order valence-electron chi connectivity index (χ4n) is 3.50. The average molecular weight is 430 g/mol. The molecular weight excluding hydrogens is 407 g/mol. The van der Waals surface area contributed by atoms with Crippen LogP contribution in [0.4, 0.5) is 4.39 Å². The Morgan fingerprint density at radius 2 is 1.94 bits per heavy atom. The minimum Gasteiger partial charge on any atom is -0.394 e. The van der Waals surface area contributed by atoms with Crippen LogP contribution in [0.3, 0.4) is 0 Å². The van der Waals surface area contributed by atoms with Gasteiger partial charge in [0.1, 0.15) is 5.82 Å². The van der Waals surface area contributed by atoms with Gasteiger partial charge < -0.3 is 10.4 Å². The van der Waals surface area contributed by atoms with Gasteiger partial charge in [0.05, 0.1) is 24.0 Å². The van der Waals surface area contributed by atoms with E-state index < -0.39 is 6.04 Å². The molecular formula is C25H23FN4O2. The molecule has 0 radical (unpaired) electrons. The number of aromatic amines is 1. The number of aryl methyl sites for hydroxylation is 1. The molecule has 7 heteroatoms. The van der Waals surface area contributed by atoms with Gasteiger partial charge in [-0.2, -0.15) is 5.10 Å². The average Bonchev–Trinajstić information content (AvgIpc) is 3.29. The van der Waals surface area contributed by atoms with Gasteiger partial charge in [-0.1, -0.05) is 23.8 Å². The minimum absolute atomic E-state index is 0.206. The molecule has 2 heterocycles. The number of carbonyl (C=O) groups excluding carboxylic acids is 1. The Hall–Kier alpha value is -3.84. The molecule has 0 aliphatic rings. The highest BCUT2D eigenvalue weighted by molar-refractivity contribution is 6.01. The first-order valence-corrected chi connectivity index (χ1v) is 10.3. The highest BCUT2D eigenvalue weighted by Crippen LogP contribution is 2.27. The number of pyridine rings is 1. The third-order valence-corrected chi connectivity index (χ3v) is 5.17. The second-order valence-electron chi connectivity index (χ2n) is 7.60. The number of amides is 1. The molecule has 1 atom stereocenters. The molecule has 0 unspecified atom stereocenters. The van der Waals surface area contributed by atoms with E-state index in [9.17, 15) is 14.3 Å².